The summed E-state index contributed by atoms with van der Waals surface area (Å²) in [4.78, 5) is 26.2. The molecule has 0 saturated heterocycles. The molecule has 0 spiro atoms. The highest BCUT2D eigenvalue weighted by molar-refractivity contribution is 7.89. The predicted molar refractivity (Wildman–Crippen MR) is 153 cm³/mol. The number of nitrogens with zero attached hydrogens (tertiary/aromatic N) is 3. The lowest BCUT2D eigenvalue weighted by Gasteiger charge is -2.36. The molecule has 3 aromatic carbocycles. The molecule has 0 bridgehead atoms. The van der Waals surface area contributed by atoms with Crippen molar-refractivity contribution in [3.05, 3.63) is 96.1 Å². The molecule has 1 aliphatic rings. The van der Waals surface area contributed by atoms with Crippen LogP contribution in [-0.4, -0.2) is 41.9 Å². The first kappa shape index (κ1) is 28.5. The number of anilines is 2. The van der Waals surface area contributed by atoms with E-state index in [0.717, 1.165) is 11.1 Å². The van der Waals surface area contributed by atoms with Crippen molar-refractivity contribution < 1.29 is 23.1 Å². The van der Waals surface area contributed by atoms with Gasteiger partial charge in [0.1, 0.15) is 0 Å². The molecule has 0 aromatic heterocycles. The summed E-state index contributed by atoms with van der Waals surface area (Å²) in [6, 6.07) is 20.8. The van der Waals surface area contributed by atoms with Gasteiger partial charge in [-0.15, -0.1) is 0 Å². The molecule has 1 atom stereocenters. The molecule has 1 unspecified atom stereocenters. The summed E-state index contributed by atoms with van der Waals surface area (Å²) in [5.41, 5.74) is 2.23. The second-order valence-corrected chi connectivity index (χ2v) is 12.3. The minimum Gasteiger partial charge on any atom is -0.465 e. The van der Waals surface area contributed by atoms with Gasteiger partial charge in [-0.1, -0.05) is 43.0 Å². The predicted octanol–water partition coefficient (Wildman–Crippen LogP) is 5.89. The summed E-state index contributed by atoms with van der Waals surface area (Å²) in [5, 5.41) is 22.0. The summed E-state index contributed by atoms with van der Waals surface area (Å²) in [5.74, 6) is -0.529. The van der Waals surface area contributed by atoms with E-state index < -0.39 is 33.6 Å². The van der Waals surface area contributed by atoms with Crippen molar-refractivity contribution in [2.24, 2.45) is 0 Å². The molecular weight excluding hydrogens is 528 g/mol. The Morgan fingerprint density at radius 3 is 2.33 bits per heavy atom. The first-order chi connectivity index (χ1) is 18.9. The molecule has 1 heterocycles. The fourth-order valence-electron chi connectivity index (χ4n) is 4.83. The molecule has 0 radical (unpaired) electrons. The molecule has 206 valence electrons. The number of fused-ring (bicyclic) bond motifs is 1. The van der Waals surface area contributed by atoms with Crippen LogP contribution in [0.1, 0.15) is 54.7 Å². The highest BCUT2D eigenvalue weighted by Crippen LogP contribution is 2.40. The zero-order valence-electron chi connectivity index (χ0n) is 22.5. The van der Waals surface area contributed by atoms with Gasteiger partial charge in [-0.2, -0.15) is 9.57 Å². The summed E-state index contributed by atoms with van der Waals surface area (Å²) < 4.78 is 28.7. The van der Waals surface area contributed by atoms with Gasteiger partial charge in [-0.3, -0.25) is 9.69 Å². The van der Waals surface area contributed by atoms with Crippen LogP contribution in [0.15, 0.2) is 84.3 Å². The Balaban J connectivity index is 1.61. The quantitative estimate of drug-likeness (QED) is 0.388. The topological polar surface area (TPSA) is 131 Å². The Labute approximate surface area is 234 Å². The lowest BCUT2D eigenvalue weighted by Crippen LogP contribution is -2.45. The van der Waals surface area contributed by atoms with Gasteiger partial charge in [0.15, 0.2) is 0 Å². The summed E-state index contributed by atoms with van der Waals surface area (Å²) in [6.07, 6.45) is -1.19. The number of hydrogen-bond acceptors (Lipinski definition) is 5. The van der Waals surface area contributed by atoms with E-state index in [1.807, 2.05) is 12.1 Å². The number of hydrogen-bond donors (Lipinski definition) is 2. The average Bonchev–Trinajstić information content (AvgIpc) is 2.90. The Morgan fingerprint density at radius 2 is 1.70 bits per heavy atom. The fourth-order valence-corrected chi connectivity index (χ4v) is 6.43. The average molecular weight is 559 g/mol. The van der Waals surface area contributed by atoms with Crippen molar-refractivity contribution in [1.82, 2.24) is 4.31 Å². The van der Waals surface area contributed by atoms with Crippen LogP contribution in [0.2, 0.25) is 0 Å². The van der Waals surface area contributed by atoms with E-state index in [9.17, 15) is 28.4 Å². The van der Waals surface area contributed by atoms with Gasteiger partial charge < -0.3 is 10.4 Å². The van der Waals surface area contributed by atoms with Gasteiger partial charge in [0.05, 0.1) is 34.8 Å². The normalized spacial score (nSPS) is 15.6. The van der Waals surface area contributed by atoms with E-state index in [-0.39, 0.29) is 23.4 Å². The van der Waals surface area contributed by atoms with Crippen LogP contribution in [0.5, 0.6) is 0 Å². The molecule has 0 fully saturated rings. The molecule has 3 aromatic rings. The van der Waals surface area contributed by atoms with Crippen molar-refractivity contribution in [2.75, 3.05) is 16.8 Å². The Kier molecular flexibility index (Phi) is 7.82. The maximum atomic E-state index is 13.7. The molecule has 4 rings (SSSR count). The number of amides is 2. The molecule has 9 nitrogen and oxygen atoms in total. The zero-order valence-corrected chi connectivity index (χ0v) is 23.3. The number of benzene rings is 3. The van der Waals surface area contributed by atoms with E-state index in [1.54, 1.807) is 57.2 Å². The Hall–Kier alpha value is -4.46. The van der Waals surface area contributed by atoms with Gasteiger partial charge in [-0.25, -0.2) is 13.2 Å². The van der Waals surface area contributed by atoms with Crippen molar-refractivity contribution in [2.45, 2.75) is 43.7 Å². The highest BCUT2D eigenvalue weighted by atomic mass is 32.2. The van der Waals surface area contributed by atoms with Crippen LogP contribution in [0.4, 0.5) is 16.2 Å². The second kappa shape index (κ2) is 11.0. The number of carbonyl (C=O) groups is 2. The number of nitrogens with one attached hydrogen (secondary N) is 1. The van der Waals surface area contributed by atoms with E-state index in [1.165, 1.54) is 33.5 Å². The van der Waals surface area contributed by atoms with Crippen LogP contribution in [0.25, 0.3) is 5.57 Å². The minimum absolute atomic E-state index is 0.0225. The van der Waals surface area contributed by atoms with Crippen molar-refractivity contribution in [1.29, 1.82) is 5.26 Å². The van der Waals surface area contributed by atoms with Gasteiger partial charge in [0, 0.05) is 17.6 Å². The molecule has 10 heteroatoms. The third kappa shape index (κ3) is 5.47. The highest BCUT2D eigenvalue weighted by Gasteiger charge is 2.37. The van der Waals surface area contributed by atoms with Gasteiger partial charge in [-0.05, 0) is 73.9 Å². The number of rotatable bonds is 6. The van der Waals surface area contributed by atoms with Crippen LogP contribution in [-0.2, 0) is 10.0 Å². The first-order valence-corrected chi connectivity index (χ1v) is 14.0. The van der Waals surface area contributed by atoms with Gasteiger partial charge in [0.25, 0.3) is 5.91 Å². The number of para-hydroxylation sites is 2. The number of carbonyl (C=O) groups excluding carboxylic acids is 1. The largest absolute Gasteiger partial charge is 0.465 e. The first-order valence-electron chi connectivity index (χ1n) is 12.6. The van der Waals surface area contributed by atoms with Crippen LogP contribution >= 0.6 is 0 Å². The summed E-state index contributed by atoms with van der Waals surface area (Å²) in [7, 11) is -4.04. The third-order valence-electron chi connectivity index (χ3n) is 6.66. The van der Waals surface area contributed by atoms with Crippen LogP contribution in [0.3, 0.4) is 0 Å². The number of sulfonamides is 1. The SMILES string of the molecule is C=C1CN(S(=O)(=O)c2ccc(C(=O)Nc3ccccc3N(C(=O)O)C(C)(C)C)cc2)C(CC#N)c2ccccc21. The lowest BCUT2D eigenvalue weighted by molar-refractivity contribution is 0.102. The Morgan fingerprint density at radius 1 is 1.07 bits per heavy atom. The van der Waals surface area contributed by atoms with Crippen molar-refractivity contribution in [3.8, 4) is 6.07 Å². The second-order valence-electron chi connectivity index (χ2n) is 10.4. The zero-order chi connectivity index (χ0) is 29.2. The fraction of sp³-hybridized carbons (Fsp3) is 0.233. The number of carboxylic acid groups (broad SMARTS) is 1. The summed E-state index contributed by atoms with van der Waals surface area (Å²) in [6.45, 7) is 9.33. The van der Waals surface area contributed by atoms with Gasteiger partial charge >= 0.3 is 6.09 Å². The smallest absolute Gasteiger partial charge is 0.412 e. The maximum Gasteiger partial charge on any atom is 0.412 e. The van der Waals surface area contributed by atoms with E-state index >= 15 is 0 Å². The van der Waals surface area contributed by atoms with Crippen molar-refractivity contribution >= 4 is 39.0 Å². The van der Waals surface area contributed by atoms with E-state index in [2.05, 4.69) is 18.0 Å². The van der Waals surface area contributed by atoms with E-state index in [0.29, 0.717) is 16.9 Å². The molecule has 40 heavy (non-hydrogen) atoms. The van der Waals surface area contributed by atoms with Gasteiger partial charge in [0.2, 0.25) is 10.0 Å². The number of nitriles is 1. The van der Waals surface area contributed by atoms with Crippen LogP contribution in [0, 0.1) is 11.3 Å². The molecular formula is C30H30N4O5S. The molecule has 0 aliphatic carbocycles. The molecule has 1 aliphatic heterocycles. The van der Waals surface area contributed by atoms with Crippen LogP contribution < -0.4 is 10.2 Å². The maximum absolute atomic E-state index is 13.7. The van der Waals surface area contributed by atoms with Crippen molar-refractivity contribution in [3.63, 3.8) is 0 Å². The standard InChI is InChI=1S/C30H30N4O5S/c1-20-19-33(26(17-18-31)24-10-6-5-9-23(20)24)40(38,39)22-15-13-21(14-16-22)28(35)32-25-11-7-8-12-27(25)34(29(36)37)30(2,3)4/h5-16,26H,1,17,19H2,2-4H3,(H,32,35)(H,36,37). The lowest BCUT2D eigenvalue weighted by atomic mass is 9.90. The molecule has 2 amide bonds. The third-order valence-corrected chi connectivity index (χ3v) is 8.53. The minimum atomic E-state index is -4.04. The summed E-state index contributed by atoms with van der Waals surface area (Å²) >= 11 is 0. The molecule has 2 N–H and O–H groups in total. The Bertz CT molecular complexity index is 1620. The molecule has 0 saturated carbocycles. The monoisotopic (exact) mass is 558 g/mol. The van der Waals surface area contributed by atoms with E-state index in [4.69, 9.17) is 0 Å².